The average Bonchev–Trinajstić information content (AvgIpc) is 2.76. The number of rotatable bonds is 8. The van der Waals surface area contributed by atoms with Crippen LogP contribution in [0.2, 0.25) is 0 Å². The molecule has 2 heterocycles. The molecule has 0 aliphatic rings. The second kappa shape index (κ2) is 9.65. The van der Waals surface area contributed by atoms with Crippen LogP contribution in [-0.2, 0) is 9.53 Å². The normalized spacial score (nSPS) is 11.4. The van der Waals surface area contributed by atoms with E-state index in [2.05, 4.69) is 35.2 Å². The van der Waals surface area contributed by atoms with Crippen LogP contribution in [0.4, 0.5) is 17.6 Å². The standard InChI is InChI=1S/C20H23N7O4/c1-12-6-8-14(9-7-12)21-18-22-19(27(3)4)24-20(23-18)31-16-11-10-15(25-26-16)30-13(2)17(28)29-5/h6-11,13H,1-5H3,(H,21,22,23,24)/t13-/m1/s1. The number of aryl methyl sites for hydroxylation is 1. The number of benzene rings is 1. The minimum absolute atomic E-state index is 0.0409. The highest BCUT2D eigenvalue weighted by Crippen LogP contribution is 2.22. The Bertz CT molecular complexity index is 1030. The fourth-order valence-corrected chi connectivity index (χ4v) is 2.33. The lowest BCUT2D eigenvalue weighted by molar-refractivity contribution is -0.148. The van der Waals surface area contributed by atoms with Crippen LogP contribution in [0.5, 0.6) is 17.8 Å². The van der Waals surface area contributed by atoms with Gasteiger partial charge in [-0.2, -0.15) is 15.0 Å². The van der Waals surface area contributed by atoms with Crippen molar-refractivity contribution in [2.45, 2.75) is 20.0 Å². The summed E-state index contributed by atoms with van der Waals surface area (Å²) in [5.41, 5.74) is 1.97. The van der Waals surface area contributed by atoms with E-state index in [0.717, 1.165) is 11.3 Å². The highest BCUT2D eigenvalue weighted by atomic mass is 16.6. The van der Waals surface area contributed by atoms with E-state index in [-0.39, 0.29) is 17.8 Å². The fraction of sp³-hybridized carbons (Fsp3) is 0.300. The van der Waals surface area contributed by atoms with Crippen LogP contribution in [0, 0.1) is 6.92 Å². The van der Waals surface area contributed by atoms with Gasteiger partial charge in [0.15, 0.2) is 6.10 Å². The van der Waals surface area contributed by atoms with E-state index >= 15 is 0 Å². The molecule has 1 N–H and O–H groups in total. The Labute approximate surface area is 179 Å². The van der Waals surface area contributed by atoms with Gasteiger partial charge in [-0.05, 0) is 26.0 Å². The van der Waals surface area contributed by atoms with E-state index < -0.39 is 12.1 Å². The van der Waals surface area contributed by atoms with Crippen LogP contribution >= 0.6 is 0 Å². The number of aromatic nitrogens is 5. The van der Waals surface area contributed by atoms with Gasteiger partial charge in [-0.15, -0.1) is 10.2 Å². The van der Waals surface area contributed by atoms with Crippen LogP contribution in [0.3, 0.4) is 0 Å². The summed E-state index contributed by atoms with van der Waals surface area (Å²) in [6, 6.07) is 10.9. The van der Waals surface area contributed by atoms with Gasteiger partial charge in [-0.1, -0.05) is 17.7 Å². The molecular weight excluding hydrogens is 402 g/mol. The minimum atomic E-state index is -0.812. The molecule has 31 heavy (non-hydrogen) atoms. The molecule has 0 spiro atoms. The van der Waals surface area contributed by atoms with Crippen LogP contribution in [0.25, 0.3) is 0 Å². The summed E-state index contributed by atoms with van der Waals surface area (Å²) in [4.78, 5) is 26.1. The van der Waals surface area contributed by atoms with Gasteiger partial charge in [0, 0.05) is 31.9 Å². The average molecular weight is 425 g/mol. The maximum atomic E-state index is 11.4. The zero-order chi connectivity index (χ0) is 22.4. The first-order valence-electron chi connectivity index (χ1n) is 9.37. The van der Waals surface area contributed by atoms with Crippen LogP contribution in [-0.4, -0.2) is 58.4 Å². The molecular formula is C20H23N7O4. The number of hydrogen-bond acceptors (Lipinski definition) is 11. The molecule has 0 radical (unpaired) electrons. The Kier molecular flexibility index (Phi) is 6.75. The second-order valence-electron chi connectivity index (χ2n) is 6.72. The predicted molar refractivity (Wildman–Crippen MR) is 113 cm³/mol. The fourth-order valence-electron chi connectivity index (χ4n) is 2.33. The van der Waals surface area contributed by atoms with Crippen molar-refractivity contribution in [3.8, 4) is 17.8 Å². The Balaban J connectivity index is 1.76. The first-order chi connectivity index (χ1) is 14.8. The number of carbonyl (C=O) groups excluding carboxylic acids is 1. The Morgan fingerprint density at radius 2 is 1.68 bits per heavy atom. The van der Waals surface area contributed by atoms with Crippen LogP contribution < -0.4 is 19.7 Å². The molecule has 0 bridgehead atoms. The summed E-state index contributed by atoms with van der Waals surface area (Å²) < 4.78 is 15.6. The van der Waals surface area contributed by atoms with E-state index in [9.17, 15) is 4.79 Å². The molecule has 11 nitrogen and oxygen atoms in total. The van der Waals surface area contributed by atoms with Gasteiger partial charge < -0.3 is 24.4 Å². The number of nitrogens with zero attached hydrogens (tertiary/aromatic N) is 6. The third kappa shape index (κ3) is 5.98. The molecule has 3 rings (SSSR count). The lowest BCUT2D eigenvalue weighted by Gasteiger charge is -2.13. The molecule has 0 aliphatic carbocycles. The number of carbonyl (C=O) groups is 1. The Morgan fingerprint density at radius 3 is 2.29 bits per heavy atom. The van der Waals surface area contributed by atoms with E-state index in [1.165, 1.54) is 19.2 Å². The number of anilines is 3. The van der Waals surface area contributed by atoms with E-state index in [0.29, 0.717) is 11.9 Å². The zero-order valence-corrected chi connectivity index (χ0v) is 17.9. The first-order valence-corrected chi connectivity index (χ1v) is 9.37. The van der Waals surface area contributed by atoms with Crippen molar-refractivity contribution in [2.24, 2.45) is 0 Å². The summed E-state index contributed by atoms with van der Waals surface area (Å²) in [6.45, 7) is 3.56. The highest BCUT2D eigenvalue weighted by Gasteiger charge is 2.16. The van der Waals surface area contributed by atoms with Crippen molar-refractivity contribution in [1.29, 1.82) is 0 Å². The molecule has 0 saturated carbocycles. The van der Waals surface area contributed by atoms with Crippen molar-refractivity contribution in [1.82, 2.24) is 25.1 Å². The monoisotopic (exact) mass is 425 g/mol. The second-order valence-corrected chi connectivity index (χ2v) is 6.72. The third-order valence-electron chi connectivity index (χ3n) is 3.95. The number of ether oxygens (including phenoxy) is 3. The van der Waals surface area contributed by atoms with E-state index in [4.69, 9.17) is 9.47 Å². The molecule has 0 unspecified atom stereocenters. The van der Waals surface area contributed by atoms with Gasteiger partial charge >= 0.3 is 12.0 Å². The van der Waals surface area contributed by atoms with Gasteiger partial charge in [0.05, 0.1) is 7.11 Å². The topological polar surface area (TPSA) is 124 Å². The summed E-state index contributed by atoms with van der Waals surface area (Å²) in [5, 5.41) is 10.9. The molecule has 0 amide bonds. The van der Waals surface area contributed by atoms with Crippen molar-refractivity contribution >= 4 is 23.6 Å². The zero-order valence-electron chi connectivity index (χ0n) is 17.9. The van der Waals surface area contributed by atoms with Gasteiger partial charge in [-0.25, -0.2) is 4.79 Å². The van der Waals surface area contributed by atoms with Gasteiger partial charge in [0.25, 0.3) is 0 Å². The number of methoxy groups -OCH3 is 1. The van der Waals surface area contributed by atoms with Gasteiger partial charge in [0.2, 0.25) is 23.7 Å². The van der Waals surface area contributed by atoms with Gasteiger partial charge in [0.1, 0.15) is 0 Å². The predicted octanol–water partition coefficient (Wildman–Crippen LogP) is 2.51. The minimum Gasteiger partial charge on any atom is -0.466 e. The van der Waals surface area contributed by atoms with E-state index in [1.54, 1.807) is 11.8 Å². The SMILES string of the molecule is COC(=O)[C@@H](C)Oc1ccc(Oc2nc(Nc3ccc(C)cc3)nc(N(C)C)n2)nn1. The largest absolute Gasteiger partial charge is 0.466 e. The molecule has 0 saturated heterocycles. The van der Waals surface area contributed by atoms with Crippen LogP contribution in [0.1, 0.15) is 12.5 Å². The van der Waals surface area contributed by atoms with Gasteiger partial charge in [-0.3, -0.25) is 0 Å². The molecule has 1 aromatic carbocycles. The summed E-state index contributed by atoms with van der Waals surface area (Å²) in [6.07, 6.45) is -0.812. The van der Waals surface area contributed by atoms with Crippen molar-refractivity contribution < 1.29 is 19.0 Å². The smallest absolute Gasteiger partial charge is 0.346 e. The number of hydrogen-bond donors (Lipinski definition) is 1. The molecule has 1 atom stereocenters. The maximum Gasteiger partial charge on any atom is 0.346 e. The van der Waals surface area contributed by atoms with E-state index in [1.807, 2.05) is 45.3 Å². The summed E-state index contributed by atoms with van der Waals surface area (Å²) >= 11 is 0. The summed E-state index contributed by atoms with van der Waals surface area (Å²) in [7, 11) is 4.90. The van der Waals surface area contributed by atoms with Crippen molar-refractivity contribution in [3.05, 3.63) is 42.0 Å². The lowest BCUT2D eigenvalue weighted by Crippen LogP contribution is -2.25. The maximum absolute atomic E-state index is 11.4. The molecule has 11 heteroatoms. The Morgan fingerprint density at radius 1 is 1.00 bits per heavy atom. The molecule has 2 aromatic heterocycles. The van der Waals surface area contributed by atoms with Crippen molar-refractivity contribution in [3.63, 3.8) is 0 Å². The van der Waals surface area contributed by atoms with Crippen molar-refractivity contribution in [2.75, 3.05) is 31.4 Å². The molecule has 0 aliphatic heterocycles. The number of nitrogens with one attached hydrogen (secondary N) is 1. The highest BCUT2D eigenvalue weighted by molar-refractivity contribution is 5.74. The first kappa shape index (κ1) is 21.7. The quantitative estimate of drug-likeness (QED) is 0.535. The Hall–Kier alpha value is -4.02. The lowest BCUT2D eigenvalue weighted by atomic mass is 10.2. The molecule has 3 aromatic rings. The molecule has 162 valence electrons. The summed E-state index contributed by atoms with van der Waals surface area (Å²) in [5.74, 6) is 0.501. The number of esters is 1. The van der Waals surface area contributed by atoms with Crippen LogP contribution in [0.15, 0.2) is 36.4 Å². The molecule has 0 fully saturated rings. The third-order valence-corrected chi connectivity index (χ3v) is 3.95.